The minimum atomic E-state index is -1.40. The van der Waals surface area contributed by atoms with Gasteiger partial charge in [-0.25, -0.2) is 4.39 Å². The monoisotopic (exact) mass is 463 g/mol. The van der Waals surface area contributed by atoms with Crippen molar-refractivity contribution in [3.63, 3.8) is 0 Å². The Morgan fingerprint density at radius 1 is 1.09 bits per heavy atom. The number of aliphatic hydroxyl groups excluding tert-OH is 2. The lowest BCUT2D eigenvalue weighted by Crippen LogP contribution is -2.31. The number of aromatic nitrogens is 1. The van der Waals surface area contributed by atoms with Gasteiger partial charge in [0.1, 0.15) is 11.7 Å². The second-order valence-corrected chi connectivity index (χ2v) is 8.75. The number of nitrogens with zero attached hydrogens (tertiary/aromatic N) is 1. The Morgan fingerprint density at radius 3 is 2.29 bits per heavy atom. The summed E-state index contributed by atoms with van der Waals surface area (Å²) in [6.07, 6.45) is -1.40. The van der Waals surface area contributed by atoms with Crippen LogP contribution in [0.5, 0.6) is 0 Å². The van der Waals surface area contributed by atoms with E-state index in [-0.39, 0.29) is 12.3 Å². The van der Waals surface area contributed by atoms with E-state index in [0.29, 0.717) is 28.1 Å². The predicted molar refractivity (Wildman–Crippen MR) is 131 cm³/mol. The van der Waals surface area contributed by atoms with Crippen molar-refractivity contribution >= 4 is 5.97 Å². The molecule has 0 bridgehead atoms. The van der Waals surface area contributed by atoms with E-state index < -0.39 is 29.9 Å². The van der Waals surface area contributed by atoms with Crippen LogP contribution in [0, 0.1) is 12.7 Å². The van der Waals surface area contributed by atoms with Crippen molar-refractivity contribution in [1.82, 2.24) is 4.98 Å². The van der Waals surface area contributed by atoms with Crippen molar-refractivity contribution in [1.29, 1.82) is 0 Å². The Hall–Kier alpha value is -3.35. The maximum Gasteiger partial charge on any atom is 0.313 e. The molecule has 2 aromatic carbocycles. The lowest BCUT2D eigenvalue weighted by Gasteiger charge is -2.27. The lowest BCUT2D eigenvalue weighted by molar-refractivity contribution is -0.142. The fourth-order valence-corrected chi connectivity index (χ4v) is 4.17. The third-order valence-corrected chi connectivity index (χ3v) is 5.93. The molecule has 3 atom stereocenters. The molecule has 34 heavy (non-hydrogen) atoms. The average Bonchev–Trinajstić information content (AvgIpc) is 2.79. The van der Waals surface area contributed by atoms with Gasteiger partial charge in [0, 0.05) is 17.7 Å². The summed E-state index contributed by atoms with van der Waals surface area (Å²) >= 11 is 0. The van der Waals surface area contributed by atoms with Gasteiger partial charge in [-0.1, -0.05) is 56.3 Å². The first-order valence-electron chi connectivity index (χ1n) is 11.2. The van der Waals surface area contributed by atoms with Crippen LogP contribution in [0.25, 0.3) is 22.4 Å². The third kappa shape index (κ3) is 5.41. The van der Waals surface area contributed by atoms with Crippen LogP contribution in [0.2, 0.25) is 0 Å². The molecule has 0 saturated heterocycles. The summed E-state index contributed by atoms with van der Waals surface area (Å²) in [7, 11) is 0. The molecule has 0 spiro atoms. The largest absolute Gasteiger partial charge is 0.481 e. The van der Waals surface area contributed by atoms with Gasteiger partial charge in [0.2, 0.25) is 0 Å². The first kappa shape index (κ1) is 25.3. The lowest BCUT2D eigenvalue weighted by atomic mass is 9.81. The van der Waals surface area contributed by atoms with Gasteiger partial charge in [0.05, 0.1) is 17.9 Å². The molecule has 0 radical (unpaired) electrons. The van der Waals surface area contributed by atoms with Gasteiger partial charge >= 0.3 is 5.97 Å². The molecule has 1 heterocycles. The van der Waals surface area contributed by atoms with Crippen molar-refractivity contribution in [2.24, 2.45) is 0 Å². The maximum absolute atomic E-state index is 13.7. The van der Waals surface area contributed by atoms with Crippen LogP contribution in [0.4, 0.5) is 4.39 Å². The topological polar surface area (TPSA) is 90.7 Å². The Kier molecular flexibility index (Phi) is 7.97. The van der Waals surface area contributed by atoms with E-state index in [0.717, 1.165) is 11.1 Å². The van der Waals surface area contributed by atoms with Crippen molar-refractivity contribution in [3.05, 3.63) is 89.9 Å². The van der Waals surface area contributed by atoms with Gasteiger partial charge < -0.3 is 15.3 Å². The summed E-state index contributed by atoms with van der Waals surface area (Å²) in [5, 5.41) is 31.1. The molecular formula is C28H30FNO4. The third-order valence-electron chi connectivity index (χ3n) is 5.93. The van der Waals surface area contributed by atoms with Gasteiger partial charge in [-0.05, 0) is 53.3 Å². The Bertz CT molecular complexity index is 1170. The number of halogens is 1. The summed E-state index contributed by atoms with van der Waals surface area (Å²) < 4.78 is 13.7. The average molecular weight is 464 g/mol. The van der Waals surface area contributed by atoms with Crippen molar-refractivity contribution in [2.45, 2.75) is 51.2 Å². The van der Waals surface area contributed by atoms with Crippen molar-refractivity contribution < 1.29 is 24.5 Å². The highest BCUT2D eigenvalue weighted by Gasteiger charge is 2.35. The molecule has 0 fully saturated rings. The zero-order chi connectivity index (χ0) is 25.0. The molecular weight excluding hydrogens is 433 g/mol. The van der Waals surface area contributed by atoms with Gasteiger partial charge in [0.15, 0.2) is 0 Å². The number of carbonyl (C=O) groups is 1. The number of benzene rings is 2. The smallest absolute Gasteiger partial charge is 0.313 e. The van der Waals surface area contributed by atoms with Crippen LogP contribution in [-0.2, 0) is 4.79 Å². The highest BCUT2D eigenvalue weighted by atomic mass is 19.1. The van der Waals surface area contributed by atoms with E-state index in [2.05, 4.69) is 6.58 Å². The number of aryl methyl sites for hydroxylation is 1. The molecule has 0 amide bonds. The molecule has 3 aromatic rings. The minimum absolute atomic E-state index is 0.170. The number of pyridine rings is 1. The molecule has 3 unspecified atom stereocenters. The molecule has 5 nitrogen and oxygen atoms in total. The van der Waals surface area contributed by atoms with Crippen LogP contribution in [0.1, 0.15) is 48.9 Å². The second-order valence-electron chi connectivity index (χ2n) is 8.75. The summed E-state index contributed by atoms with van der Waals surface area (Å²) in [5.41, 5.74) is 4.61. The van der Waals surface area contributed by atoms with E-state index in [1.807, 2.05) is 45.0 Å². The van der Waals surface area contributed by atoms with Crippen LogP contribution >= 0.6 is 0 Å². The van der Waals surface area contributed by atoms with E-state index in [1.165, 1.54) is 18.2 Å². The highest BCUT2D eigenvalue weighted by molar-refractivity contribution is 5.84. The summed E-state index contributed by atoms with van der Waals surface area (Å²) in [6.45, 7) is 9.29. The van der Waals surface area contributed by atoms with Gasteiger partial charge in [0.25, 0.3) is 0 Å². The summed E-state index contributed by atoms with van der Waals surface area (Å²) in [4.78, 5) is 17.3. The first-order valence-corrected chi connectivity index (χ1v) is 11.2. The maximum atomic E-state index is 13.7. The van der Waals surface area contributed by atoms with Crippen LogP contribution < -0.4 is 0 Å². The van der Waals surface area contributed by atoms with Crippen LogP contribution in [0.3, 0.4) is 0 Å². The molecule has 178 valence electrons. The zero-order valence-electron chi connectivity index (χ0n) is 19.6. The number of hydrogen-bond donors (Lipinski definition) is 3. The molecule has 1 aromatic heterocycles. The van der Waals surface area contributed by atoms with Crippen LogP contribution in [-0.4, -0.2) is 38.5 Å². The number of hydrogen-bond acceptors (Lipinski definition) is 4. The van der Waals surface area contributed by atoms with Crippen molar-refractivity contribution in [3.8, 4) is 22.4 Å². The molecule has 3 N–H and O–H groups in total. The highest BCUT2D eigenvalue weighted by Crippen LogP contribution is 2.40. The van der Waals surface area contributed by atoms with E-state index in [4.69, 9.17) is 4.98 Å². The SMILES string of the molecule is C=CC(O)CC(O)C(C(=O)O)c1c(-c2ccc(F)cc2)cc(-c2ccccc2C)nc1C(C)C. The van der Waals surface area contributed by atoms with Crippen molar-refractivity contribution in [2.75, 3.05) is 0 Å². The number of carboxylic acid groups (broad SMARTS) is 1. The summed E-state index contributed by atoms with van der Waals surface area (Å²) in [5.74, 6) is -3.17. The number of aliphatic carboxylic acids is 1. The predicted octanol–water partition coefficient (Wildman–Crippen LogP) is 5.45. The number of aliphatic hydroxyl groups is 2. The first-order chi connectivity index (χ1) is 16.1. The van der Waals surface area contributed by atoms with Gasteiger partial charge in [-0.15, -0.1) is 6.58 Å². The fourth-order valence-electron chi connectivity index (χ4n) is 4.17. The normalized spacial score (nSPS) is 14.0. The quantitative estimate of drug-likeness (QED) is 0.367. The minimum Gasteiger partial charge on any atom is -0.481 e. The van der Waals surface area contributed by atoms with Gasteiger partial charge in [-0.2, -0.15) is 0 Å². The number of rotatable bonds is 9. The van der Waals surface area contributed by atoms with E-state index in [1.54, 1.807) is 18.2 Å². The van der Waals surface area contributed by atoms with Gasteiger partial charge in [-0.3, -0.25) is 9.78 Å². The molecule has 3 rings (SSSR count). The second kappa shape index (κ2) is 10.7. The zero-order valence-corrected chi connectivity index (χ0v) is 19.6. The Labute approximate surface area is 199 Å². The number of carboxylic acids is 1. The Balaban J connectivity index is 2.36. The molecule has 0 aliphatic heterocycles. The standard InChI is InChI=1S/C28H30FNO4/c1-5-20(31)14-24(32)26(28(33)34)25-22(18-10-12-19(29)13-11-18)15-23(30-27(25)16(2)3)21-9-7-6-8-17(21)4/h5-13,15-16,20,24,26,31-32H,1,14H2,2-4H3,(H,33,34). The molecule has 0 aliphatic rings. The van der Waals surface area contributed by atoms with Crippen LogP contribution in [0.15, 0.2) is 67.3 Å². The molecule has 0 aliphatic carbocycles. The summed E-state index contributed by atoms with van der Waals surface area (Å²) in [6, 6.07) is 15.4. The Morgan fingerprint density at radius 2 is 1.74 bits per heavy atom. The van der Waals surface area contributed by atoms with E-state index in [9.17, 15) is 24.5 Å². The van der Waals surface area contributed by atoms with E-state index >= 15 is 0 Å². The molecule has 6 heteroatoms. The fraction of sp³-hybridized carbons (Fsp3) is 0.286. The molecule has 0 saturated carbocycles.